The summed E-state index contributed by atoms with van der Waals surface area (Å²) in [6, 6.07) is 12.6. The van der Waals surface area contributed by atoms with Crippen LogP contribution < -0.4 is 0 Å². The van der Waals surface area contributed by atoms with Crippen LogP contribution in [0.5, 0.6) is 0 Å². The van der Waals surface area contributed by atoms with E-state index in [4.69, 9.17) is 39.5 Å². The normalized spacial score (nSPS) is 11.6. The number of nitrogens with zero attached hydrogens (tertiary/aromatic N) is 4. The van der Waals surface area contributed by atoms with E-state index in [2.05, 4.69) is 15.1 Å². The van der Waals surface area contributed by atoms with Gasteiger partial charge < -0.3 is 4.74 Å². The lowest BCUT2D eigenvalue weighted by molar-refractivity contribution is 0.291. The van der Waals surface area contributed by atoms with Crippen molar-refractivity contribution in [2.45, 2.75) is 6.61 Å². The summed E-state index contributed by atoms with van der Waals surface area (Å²) in [7, 11) is 0. The van der Waals surface area contributed by atoms with E-state index in [1.165, 1.54) is 18.3 Å². The molecule has 5 nitrogen and oxygen atoms in total. The molecule has 0 unspecified atom stereocenters. The number of hydrogen-bond donors (Lipinski definition) is 0. The van der Waals surface area contributed by atoms with Gasteiger partial charge in [-0.15, -0.1) is 5.10 Å². The summed E-state index contributed by atoms with van der Waals surface area (Å²) in [6.07, 6.45) is 3.07. The average molecular weight is 428 g/mol. The number of rotatable bonds is 6. The quantitative estimate of drug-likeness (QED) is 0.375. The van der Waals surface area contributed by atoms with Crippen LogP contribution in [0.2, 0.25) is 15.1 Å². The number of hydrogen-bond acceptors (Lipinski definition) is 5. The molecule has 0 radical (unpaired) electrons. The molecule has 2 aromatic carbocycles. The smallest absolute Gasteiger partial charge is 0.201 e. The Balaban J connectivity index is 1.75. The Bertz CT molecular complexity index is 886. The first kappa shape index (κ1) is 19.0. The van der Waals surface area contributed by atoms with Crippen molar-refractivity contribution in [2.75, 3.05) is 5.75 Å². The molecule has 0 fully saturated rings. The fourth-order valence-electron chi connectivity index (χ4n) is 1.95. The first-order valence-corrected chi connectivity index (χ1v) is 9.55. The molecule has 1 aromatic heterocycles. The fourth-order valence-corrected chi connectivity index (χ4v) is 3.14. The van der Waals surface area contributed by atoms with E-state index in [0.29, 0.717) is 39.0 Å². The second kappa shape index (κ2) is 9.28. The number of halogens is 3. The molecule has 0 saturated carbocycles. The van der Waals surface area contributed by atoms with Crippen LogP contribution in [0.3, 0.4) is 0 Å². The second-order valence-electron chi connectivity index (χ2n) is 5.09. The summed E-state index contributed by atoms with van der Waals surface area (Å²) in [4.78, 5) is 8.44. The van der Waals surface area contributed by atoms with Crippen LogP contribution in [-0.4, -0.2) is 25.8 Å². The van der Waals surface area contributed by atoms with Gasteiger partial charge in [0.05, 0.1) is 16.5 Å². The van der Waals surface area contributed by atoms with Crippen LogP contribution in [0.1, 0.15) is 5.56 Å². The highest BCUT2D eigenvalue weighted by molar-refractivity contribution is 7.98. The van der Waals surface area contributed by atoms with Gasteiger partial charge in [0.1, 0.15) is 19.3 Å². The van der Waals surface area contributed by atoms with E-state index in [1.807, 2.05) is 24.3 Å². The summed E-state index contributed by atoms with van der Waals surface area (Å²) in [6.45, 7) is 0.360. The molecule has 0 spiro atoms. The monoisotopic (exact) mass is 426 g/mol. The molecule has 0 amide bonds. The van der Waals surface area contributed by atoms with Crippen molar-refractivity contribution < 1.29 is 4.74 Å². The van der Waals surface area contributed by atoms with Gasteiger partial charge in [0.2, 0.25) is 5.90 Å². The van der Waals surface area contributed by atoms with E-state index < -0.39 is 0 Å². The first-order chi connectivity index (χ1) is 12.6. The zero-order valence-corrected chi connectivity index (χ0v) is 16.4. The fraction of sp³-hybridized carbons (Fsp3) is 0.118. The topological polar surface area (TPSA) is 52.3 Å². The summed E-state index contributed by atoms with van der Waals surface area (Å²) < 4.78 is 7.52. The standard InChI is InChI=1S/C17H13Cl3N4OS/c18-13-3-1-12(2-4-13)8-25-17(9-26-24-11-21-10-22-24)23-16-6-5-14(19)7-15(16)20/h1-7,10-11H,8-9H2. The minimum Gasteiger partial charge on any atom is -0.475 e. The molecular weight excluding hydrogens is 415 g/mol. The molecule has 0 N–H and O–H groups in total. The van der Waals surface area contributed by atoms with Gasteiger partial charge in [-0.25, -0.2) is 9.98 Å². The van der Waals surface area contributed by atoms with E-state index in [0.717, 1.165) is 5.56 Å². The minimum absolute atomic E-state index is 0.360. The number of ether oxygens (including phenoxy) is 1. The summed E-state index contributed by atoms with van der Waals surface area (Å²) in [5.74, 6) is 0.959. The third-order valence-electron chi connectivity index (χ3n) is 3.19. The third-order valence-corrected chi connectivity index (χ3v) is 4.81. The molecule has 26 heavy (non-hydrogen) atoms. The van der Waals surface area contributed by atoms with Gasteiger partial charge in [0, 0.05) is 10.0 Å². The average Bonchev–Trinajstić information content (AvgIpc) is 3.14. The van der Waals surface area contributed by atoms with E-state index in [-0.39, 0.29) is 0 Å². The van der Waals surface area contributed by atoms with Crippen molar-refractivity contribution in [1.29, 1.82) is 0 Å². The molecule has 0 aliphatic carbocycles. The van der Waals surface area contributed by atoms with Crippen LogP contribution in [0.25, 0.3) is 0 Å². The maximum atomic E-state index is 6.21. The highest BCUT2D eigenvalue weighted by Crippen LogP contribution is 2.28. The number of aliphatic imine (C=N–C) groups is 1. The maximum absolute atomic E-state index is 6.21. The van der Waals surface area contributed by atoms with Crippen molar-refractivity contribution in [3.8, 4) is 0 Å². The van der Waals surface area contributed by atoms with Crippen molar-refractivity contribution in [3.63, 3.8) is 0 Å². The SMILES string of the molecule is Clc1ccc(COC(CSn2cncn2)=Nc2ccc(Cl)cc2Cl)cc1. The van der Waals surface area contributed by atoms with Crippen molar-refractivity contribution in [2.24, 2.45) is 4.99 Å². The zero-order chi connectivity index (χ0) is 18.4. The number of aromatic nitrogens is 3. The maximum Gasteiger partial charge on any atom is 0.201 e. The van der Waals surface area contributed by atoms with Gasteiger partial charge in [-0.1, -0.05) is 46.9 Å². The summed E-state index contributed by atoms with van der Waals surface area (Å²) in [5, 5.41) is 5.74. The molecule has 0 aliphatic heterocycles. The first-order valence-electron chi connectivity index (χ1n) is 7.48. The molecule has 0 aliphatic rings. The highest BCUT2D eigenvalue weighted by atomic mass is 35.5. The minimum atomic E-state index is 0.360. The van der Waals surface area contributed by atoms with Crippen LogP contribution in [-0.2, 0) is 11.3 Å². The van der Waals surface area contributed by atoms with Crippen LogP contribution in [0.15, 0.2) is 60.1 Å². The molecule has 0 bridgehead atoms. The predicted molar refractivity (Wildman–Crippen MR) is 108 cm³/mol. The molecule has 3 rings (SSSR count). The summed E-state index contributed by atoms with van der Waals surface area (Å²) in [5.41, 5.74) is 1.57. The second-order valence-corrected chi connectivity index (χ2v) is 7.29. The Morgan fingerprint density at radius 1 is 1.08 bits per heavy atom. The summed E-state index contributed by atoms with van der Waals surface area (Å²) >= 11 is 19.5. The largest absolute Gasteiger partial charge is 0.475 e. The van der Waals surface area contributed by atoms with Crippen LogP contribution >= 0.6 is 46.8 Å². The highest BCUT2D eigenvalue weighted by Gasteiger charge is 2.08. The van der Waals surface area contributed by atoms with Gasteiger partial charge in [-0.05, 0) is 47.8 Å². The zero-order valence-electron chi connectivity index (χ0n) is 13.3. The van der Waals surface area contributed by atoms with E-state index in [9.17, 15) is 0 Å². The Kier molecular flexibility index (Phi) is 6.80. The van der Waals surface area contributed by atoms with Gasteiger partial charge in [-0.3, -0.25) is 0 Å². The van der Waals surface area contributed by atoms with Gasteiger partial charge >= 0.3 is 0 Å². The molecule has 134 valence electrons. The van der Waals surface area contributed by atoms with Crippen LogP contribution in [0.4, 0.5) is 5.69 Å². The lowest BCUT2D eigenvalue weighted by Gasteiger charge is -2.10. The van der Waals surface area contributed by atoms with Gasteiger partial charge in [-0.2, -0.15) is 4.09 Å². The predicted octanol–water partition coefficient (Wildman–Crippen LogP) is 5.68. The molecular formula is C17H13Cl3N4OS. The molecule has 1 heterocycles. The lowest BCUT2D eigenvalue weighted by Crippen LogP contribution is -2.09. The molecule has 0 atom stereocenters. The van der Waals surface area contributed by atoms with Gasteiger partial charge in [0.15, 0.2) is 0 Å². The van der Waals surface area contributed by atoms with Crippen LogP contribution in [0, 0.1) is 0 Å². The third kappa shape index (κ3) is 5.64. The van der Waals surface area contributed by atoms with Crippen molar-refractivity contribution >= 4 is 58.3 Å². The van der Waals surface area contributed by atoms with Crippen molar-refractivity contribution in [1.82, 2.24) is 14.2 Å². The Morgan fingerprint density at radius 3 is 2.54 bits per heavy atom. The molecule has 0 saturated heterocycles. The lowest BCUT2D eigenvalue weighted by atomic mass is 10.2. The van der Waals surface area contributed by atoms with Gasteiger partial charge in [0.25, 0.3) is 0 Å². The Hall–Kier alpha value is -1.73. The van der Waals surface area contributed by atoms with E-state index in [1.54, 1.807) is 28.6 Å². The Morgan fingerprint density at radius 2 is 1.85 bits per heavy atom. The molecule has 3 aromatic rings. The van der Waals surface area contributed by atoms with Crippen molar-refractivity contribution in [3.05, 3.63) is 75.8 Å². The number of benzene rings is 2. The van der Waals surface area contributed by atoms with E-state index >= 15 is 0 Å². The molecule has 9 heteroatoms. The Labute approximate surface area is 170 Å².